The van der Waals surface area contributed by atoms with Gasteiger partial charge in [0.25, 0.3) is 0 Å². The largest absolute Gasteiger partial charge is 0.444 e. The van der Waals surface area contributed by atoms with Crippen LogP contribution >= 0.6 is 23.2 Å². The summed E-state index contributed by atoms with van der Waals surface area (Å²) in [5.74, 6) is 0. The fraction of sp³-hybridized carbons (Fsp3) is 0.696. The highest BCUT2D eigenvalue weighted by atomic mass is 35.5. The second kappa shape index (κ2) is 9.60. The molecule has 1 aromatic rings. The molecule has 1 aromatic carbocycles. The first kappa shape index (κ1) is 26.5. The first-order valence-corrected chi connectivity index (χ1v) is 14.4. The zero-order chi connectivity index (χ0) is 23.7. The summed E-state index contributed by atoms with van der Waals surface area (Å²) in [4.78, 5) is 14.5. The Balaban J connectivity index is 2.30. The molecule has 1 heterocycles. The van der Waals surface area contributed by atoms with Crippen LogP contribution in [0.2, 0.25) is 28.2 Å². The van der Waals surface area contributed by atoms with Crippen molar-refractivity contribution in [2.75, 3.05) is 26.3 Å². The standard InChI is InChI=1S/C23H37Cl2NO4Si/c1-21(2,3)30-20(27)26-12-14-28-23(16-26,17-9-10-18(24)19(25)15-17)11-13-29-31(7,8)22(4,5)6/h9-10,15H,11-14,16H2,1-8H3/t23-/m0/s1. The maximum absolute atomic E-state index is 12.8. The summed E-state index contributed by atoms with van der Waals surface area (Å²) < 4.78 is 18.4. The van der Waals surface area contributed by atoms with Gasteiger partial charge in [-0.2, -0.15) is 0 Å². The van der Waals surface area contributed by atoms with Crippen molar-refractivity contribution in [3.63, 3.8) is 0 Å². The van der Waals surface area contributed by atoms with Gasteiger partial charge in [-0.3, -0.25) is 0 Å². The molecule has 1 aliphatic rings. The molecule has 1 amide bonds. The zero-order valence-electron chi connectivity index (χ0n) is 20.1. The van der Waals surface area contributed by atoms with E-state index in [1.54, 1.807) is 11.0 Å². The van der Waals surface area contributed by atoms with Gasteiger partial charge in [0.2, 0.25) is 0 Å². The number of halogens is 2. The number of benzene rings is 1. The molecule has 1 saturated heterocycles. The SMILES string of the molecule is CC(C)(C)OC(=O)N1CCO[C@](CCO[Si](C)(C)C(C)(C)C)(c2ccc(Cl)c(Cl)c2)C1. The van der Waals surface area contributed by atoms with Crippen molar-refractivity contribution in [3.05, 3.63) is 33.8 Å². The van der Waals surface area contributed by atoms with Crippen molar-refractivity contribution in [2.45, 2.75) is 77.3 Å². The minimum Gasteiger partial charge on any atom is -0.444 e. The molecule has 0 radical (unpaired) electrons. The van der Waals surface area contributed by atoms with Gasteiger partial charge in [-0.1, -0.05) is 50.0 Å². The first-order chi connectivity index (χ1) is 14.1. The van der Waals surface area contributed by atoms with Gasteiger partial charge in [0.1, 0.15) is 11.2 Å². The molecule has 0 aromatic heterocycles. The third-order valence-corrected chi connectivity index (χ3v) is 11.3. The van der Waals surface area contributed by atoms with E-state index < -0.39 is 19.5 Å². The second-order valence-corrected chi connectivity index (χ2v) is 16.4. The highest BCUT2D eigenvalue weighted by Crippen LogP contribution is 2.40. The van der Waals surface area contributed by atoms with Gasteiger partial charge >= 0.3 is 6.09 Å². The summed E-state index contributed by atoms with van der Waals surface area (Å²) in [6.45, 7) is 18.5. The van der Waals surface area contributed by atoms with E-state index in [0.717, 1.165) is 5.56 Å². The molecule has 0 aliphatic carbocycles. The van der Waals surface area contributed by atoms with E-state index in [2.05, 4.69) is 33.9 Å². The molecule has 5 nitrogen and oxygen atoms in total. The summed E-state index contributed by atoms with van der Waals surface area (Å²) in [7, 11) is -1.92. The van der Waals surface area contributed by atoms with Crippen molar-refractivity contribution < 1.29 is 18.7 Å². The van der Waals surface area contributed by atoms with E-state index >= 15 is 0 Å². The Morgan fingerprint density at radius 1 is 1.16 bits per heavy atom. The van der Waals surface area contributed by atoms with Crippen LogP contribution in [0.4, 0.5) is 4.79 Å². The number of carbonyl (C=O) groups is 1. The smallest absolute Gasteiger partial charge is 0.410 e. The lowest BCUT2D eigenvalue weighted by Gasteiger charge is -2.44. The summed E-state index contributed by atoms with van der Waals surface area (Å²) >= 11 is 12.5. The lowest BCUT2D eigenvalue weighted by atomic mass is 9.88. The maximum atomic E-state index is 12.8. The summed E-state index contributed by atoms with van der Waals surface area (Å²) in [5.41, 5.74) is -0.423. The minimum absolute atomic E-state index is 0.111. The molecule has 1 atom stereocenters. The molecule has 31 heavy (non-hydrogen) atoms. The molecule has 0 unspecified atom stereocenters. The number of ether oxygens (including phenoxy) is 2. The third-order valence-electron chi connectivity index (χ3n) is 6.06. The molecular formula is C23H37Cl2NO4Si. The Labute approximate surface area is 198 Å². The monoisotopic (exact) mass is 489 g/mol. The van der Waals surface area contributed by atoms with Crippen LogP contribution in [-0.2, 0) is 19.5 Å². The lowest BCUT2D eigenvalue weighted by molar-refractivity contribution is -0.122. The molecule has 176 valence electrons. The third kappa shape index (κ3) is 6.84. The van der Waals surface area contributed by atoms with E-state index in [0.29, 0.717) is 42.8 Å². The predicted molar refractivity (Wildman–Crippen MR) is 130 cm³/mol. The van der Waals surface area contributed by atoms with Crippen LogP contribution in [0.3, 0.4) is 0 Å². The van der Waals surface area contributed by atoms with Gasteiger partial charge in [-0.25, -0.2) is 4.79 Å². The first-order valence-electron chi connectivity index (χ1n) is 10.8. The Morgan fingerprint density at radius 2 is 1.81 bits per heavy atom. The van der Waals surface area contributed by atoms with Crippen molar-refractivity contribution in [3.8, 4) is 0 Å². The fourth-order valence-corrected chi connectivity index (χ4v) is 4.55. The van der Waals surface area contributed by atoms with Gasteiger partial charge in [0, 0.05) is 19.6 Å². The highest BCUT2D eigenvalue weighted by molar-refractivity contribution is 6.74. The molecule has 1 aliphatic heterocycles. The summed E-state index contributed by atoms with van der Waals surface area (Å²) in [6, 6.07) is 5.51. The molecular weight excluding hydrogens is 453 g/mol. The number of hydrogen-bond acceptors (Lipinski definition) is 4. The topological polar surface area (TPSA) is 48.0 Å². The van der Waals surface area contributed by atoms with Crippen LogP contribution in [-0.4, -0.2) is 51.2 Å². The van der Waals surface area contributed by atoms with Crippen molar-refractivity contribution in [1.82, 2.24) is 4.90 Å². The minimum atomic E-state index is -1.92. The van der Waals surface area contributed by atoms with Crippen molar-refractivity contribution >= 4 is 37.6 Å². The van der Waals surface area contributed by atoms with Crippen LogP contribution in [0.1, 0.15) is 53.5 Å². The molecule has 8 heteroatoms. The average Bonchev–Trinajstić information content (AvgIpc) is 2.61. The van der Waals surface area contributed by atoms with E-state index in [1.807, 2.05) is 32.9 Å². The fourth-order valence-electron chi connectivity index (χ4n) is 3.20. The molecule has 2 rings (SSSR count). The van der Waals surface area contributed by atoms with Crippen LogP contribution in [0.15, 0.2) is 18.2 Å². The van der Waals surface area contributed by atoms with Gasteiger partial charge in [-0.15, -0.1) is 0 Å². The Morgan fingerprint density at radius 3 is 2.35 bits per heavy atom. The van der Waals surface area contributed by atoms with E-state index in [1.165, 1.54) is 0 Å². The van der Waals surface area contributed by atoms with Crippen molar-refractivity contribution in [1.29, 1.82) is 0 Å². The van der Waals surface area contributed by atoms with Gasteiger partial charge < -0.3 is 18.8 Å². The van der Waals surface area contributed by atoms with Gasteiger partial charge in [-0.05, 0) is 56.6 Å². The normalized spacial score (nSPS) is 20.6. The number of morpholine rings is 1. The van der Waals surface area contributed by atoms with E-state index in [-0.39, 0.29) is 11.1 Å². The number of amides is 1. The highest BCUT2D eigenvalue weighted by Gasteiger charge is 2.43. The quantitative estimate of drug-likeness (QED) is 0.423. The Hall–Kier alpha value is -0.793. The molecule has 0 spiro atoms. The van der Waals surface area contributed by atoms with E-state index in [4.69, 9.17) is 37.1 Å². The number of hydrogen-bond donors (Lipinski definition) is 0. The zero-order valence-corrected chi connectivity index (χ0v) is 22.6. The Bertz CT molecular complexity index is 789. The maximum Gasteiger partial charge on any atom is 0.410 e. The summed E-state index contributed by atoms with van der Waals surface area (Å²) in [5, 5.41) is 1.06. The van der Waals surface area contributed by atoms with E-state index in [9.17, 15) is 4.79 Å². The second-order valence-electron chi connectivity index (χ2n) is 10.7. The van der Waals surface area contributed by atoms with Gasteiger partial charge in [0.05, 0.1) is 23.2 Å². The molecule has 0 saturated carbocycles. The molecule has 1 fully saturated rings. The Kier molecular flexibility index (Phi) is 8.19. The van der Waals surface area contributed by atoms with Crippen LogP contribution in [0.5, 0.6) is 0 Å². The van der Waals surface area contributed by atoms with Crippen molar-refractivity contribution in [2.24, 2.45) is 0 Å². The van der Waals surface area contributed by atoms with Gasteiger partial charge in [0.15, 0.2) is 8.32 Å². The molecule has 0 bridgehead atoms. The number of nitrogens with zero attached hydrogens (tertiary/aromatic N) is 1. The lowest BCUT2D eigenvalue weighted by Crippen LogP contribution is -2.53. The molecule has 0 N–H and O–H groups in total. The van der Waals surface area contributed by atoms with Crippen LogP contribution in [0.25, 0.3) is 0 Å². The number of rotatable bonds is 5. The van der Waals surface area contributed by atoms with Crippen LogP contribution in [0, 0.1) is 0 Å². The average molecular weight is 491 g/mol. The van der Waals surface area contributed by atoms with Crippen LogP contribution < -0.4 is 0 Å². The number of carbonyl (C=O) groups excluding carboxylic acids is 1. The predicted octanol–water partition coefficient (Wildman–Crippen LogP) is 6.87. The summed E-state index contributed by atoms with van der Waals surface area (Å²) in [6.07, 6.45) is 0.252.